The summed E-state index contributed by atoms with van der Waals surface area (Å²) < 4.78 is 13.3. The van der Waals surface area contributed by atoms with Crippen LogP contribution in [0.3, 0.4) is 0 Å². The molecule has 0 fully saturated rings. The molecule has 0 saturated carbocycles. The fourth-order valence-corrected chi connectivity index (χ4v) is 2.11. The summed E-state index contributed by atoms with van der Waals surface area (Å²) in [5.74, 6) is -0.275. The van der Waals surface area contributed by atoms with Crippen LogP contribution in [0.15, 0.2) is 24.3 Å². The summed E-state index contributed by atoms with van der Waals surface area (Å²) in [7, 11) is 0. The van der Waals surface area contributed by atoms with Gasteiger partial charge in [0.2, 0.25) is 0 Å². The third-order valence-corrected chi connectivity index (χ3v) is 3.62. The van der Waals surface area contributed by atoms with E-state index in [9.17, 15) is 9.50 Å². The predicted molar refractivity (Wildman–Crippen MR) is 76.6 cm³/mol. The molecule has 0 spiro atoms. The number of likely N-dealkylation sites (N-methyl/N-ethyl adjacent to an activating group) is 1. The molecular weight excluding hydrogens is 243 g/mol. The van der Waals surface area contributed by atoms with Crippen LogP contribution < -0.4 is 5.32 Å². The van der Waals surface area contributed by atoms with Gasteiger partial charge < -0.3 is 15.3 Å². The monoisotopic (exact) mass is 268 g/mol. The lowest BCUT2D eigenvalue weighted by Crippen LogP contribution is -2.46. The minimum absolute atomic E-state index is 0.0608. The van der Waals surface area contributed by atoms with Gasteiger partial charge in [-0.05, 0) is 37.7 Å². The maximum atomic E-state index is 13.3. The van der Waals surface area contributed by atoms with Crippen molar-refractivity contribution in [3.05, 3.63) is 35.6 Å². The molecule has 0 amide bonds. The van der Waals surface area contributed by atoms with Crippen LogP contribution in [0.1, 0.15) is 26.3 Å². The van der Waals surface area contributed by atoms with E-state index < -0.39 is 5.54 Å². The molecule has 4 heteroatoms. The van der Waals surface area contributed by atoms with Gasteiger partial charge in [0.25, 0.3) is 0 Å². The molecular formula is C15H25FN2O. The SMILES string of the molecule is CCN(CC)CCNC(C)(CO)c1cccc(F)c1. The smallest absolute Gasteiger partial charge is 0.123 e. The van der Waals surface area contributed by atoms with Crippen molar-refractivity contribution < 1.29 is 9.50 Å². The first kappa shape index (κ1) is 16.1. The van der Waals surface area contributed by atoms with Gasteiger partial charge in [0, 0.05) is 13.1 Å². The Morgan fingerprint density at radius 2 is 2.00 bits per heavy atom. The number of aliphatic hydroxyl groups is 1. The van der Waals surface area contributed by atoms with E-state index in [0.717, 1.165) is 31.7 Å². The van der Waals surface area contributed by atoms with Crippen molar-refractivity contribution in [2.24, 2.45) is 0 Å². The van der Waals surface area contributed by atoms with E-state index in [1.807, 2.05) is 13.0 Å². The fourth-order valence-electron chi connectivity index (χ4n) is 2.11. The van der Waals surface area contributed by atoms with Crippen molar-refractivity contribution >= 4 is 0 Å². The molecule has 1 atom stereocenters. The minimum atomic E-state index is -0.602. The molecule has 3 nitrogen and oxygen atoms in total. The Bertz CT molecular complexity index is 382. The van der Waals surface area contributed by atoms with Gasteiger partial charge >= 0.3 is 0 Å². The van der Waals surface area contributed by atoms with Gasteiger partial charge in [0.1, 0.15) is 5.82 Å². The summed E-state index contributed by atoms with van der Waals surface area (Å²) in [5.41, 5.74) is 0.171. The second-order valence-corrected chi connectivity index (χ2v) is 4.95. The molecule has 0 bridgehead atoms. The molecule has 0 saturated heterocycles. The Morgan fingerprint density at radius 3 is 2.53 bits per heavy atom. The Hall–Kier alpha value is -0.970. The van der Waals surface area contributed by atoms with Crippen molar-refractivity contribution in [1.29, 1.82) is 0 Å². The Morgan fingerprint density at radius 1 is 1.32 bits per heavy atom. The first-order chi connectivity index (χ1) is 9.05. The van der Waals surface area contributed by atoms with Gasteiger partial charge in [-0.3, -0.25) is 0 Å². The van der Waals surface area contributed by atoms with Crippen molar-refractivity contribution in [3.63, 3.8) is 0 Å². The maximum Gasteiger partial charge on any atom is 0.123 e. The molecule has 0 heterocycles. The van der Waals surface area contributed by atoms with Crippen LogP contribution in [0.5, 0.6) is 0 Å². The molecule has 1 aromatic carbocycles. The number of nitrogens with one attached hydrogen (secondary N) is 1. The van der Waals surface area contributed by atoms with Crippen molar-refractivity contribution in [1.82, 2.24) is 10.2 Å². The van der Waals surface area contributed by atoms with Crippen molar-refractivity contribution in [2.45, 2.75) is 26.3 Å². The molecule has 108 valence electrons. The number of halogens is 1. The number of nitrogens with zero attached hydrogens (tertiary/aromatic N) is 1. The summed E-state index contributed by atoms with van der Waals surface area (Å²) in [6.07, 6.45) is 0. The van der Waals surface area contributed by atoms with Crippen LogP contribution in [0.4, 0.5) is 4.39 Å². The molecule has 0 aliphatic heterocycles. The molecule has 19 heavy (non-hydrogen) atoms. The van der Waals surface area contributed by atoms with Crippen LogP contribution in [-0.2, 0) is 5.54 Å². The van der Waals surface area contributed by atoms with Gasteiger partial charge in [-0.1, -0.05) is 26.0 Å². The van der Waals surface area contributed by atoms with Crippen LogP contribution in [0.25, 0.3) is 0 Å². The number of benzene rings is 1. The summed E-state index contributed by atoms with van der Waals surface area (Å²) in [4.78, 5) is 2.30. The molecule has 1 rings (SSSR count). The Balaban J connectivity index is 2.65. The standard InChI is InChI=1S/C15H25FN2O/c1-4-18(5-2)10-9-17-15(3,12-19)13-7-6-8-14(16)11-13/h6-8,11,17,19H,4-5,9-10,12H2,1-3H3. The molecule has 1 unspecified atom stereocenters. The van der Waals surface area contributed by atoms with Gasteiger partial charge in [-0.15, -0.1) is 0 Å². The summed E-state index contributed by atoms with van der Waals surface area (Å²) >= 11 is 0. The van der Waals surface area contributed by atoms with E-state index in [-0.39, 0.29) is 12.4 Å². The quantitative estimate of drug-likeness (QED) is 0.756. The second-order valence-electron chi connectivity index (χ2n) is 4.95. The highest BCUT2D eigenvalue weighted by molar-refractivity contribution is 5.24. The van der Waals surface area contributed by atoms with E-state index >= 15 is 0 Å². The van der Waals surface area contributed by atoms with Gasteiger partial charge in [-0.25, -0.2) is 4.39 Å². The Kier molecular flexibility index (Phi) is 6.42. The zero-order valence-corrected chi connectivity index (χ0v) is 12.1. The molecule has 0 aliphatic carbocycles. The lowest BCUT2D eigenvalue weighted by Gasteiger charge is -2.31. The summed E-state index contributed by atoms with van der Waals surface area (Å²) in [5, 5.41) is 12.9. The Labute approximate surface area is 115 Å². The topological polar surface area (TPSA) is 35.5 Å². The average Bonchev–Trinajstić information content (AvgIpc) is 2.43. The molecule has 0 radical (unpaired) electrons. The predicted octanol–water partition coefficient (Wildman–Crippen LogP) is 1.96. The largest absolute Gasteiger partial charge is 0.394 e. The molecule has 0 aromatic heterocycles. The molecule has 0 aliphatic rings. The summed E-state index contributed by atoms with van der Waals surface area (Å²) in [6.45, 7) is 9.77. The van der Waals surface area contributed by atoms with E-state index in [1.54, 1.807) is 6.07 Å². The maximum absolute atomic E-state index is 13.3. The van der Waals surface area contributed by atoms with Crippen LogP contribution in [0, 0.1) is 5.82 Å². The molecule has 1 aromatic rings. The highest BCUT2D eigenvalue weighted by atomic mass is 19.1. The van der Waals surface area contributed by atoms with E-state index in [4.69, 9.17) is 0 Å². The normalized spacial score (nSPS) is 14.6. The third-order valence-electron chi connectivity index (χ3n) is 3.62. The zero-order valence-electron chi connectivity index (χ0n) is 12.1. The van der Waals surface area contributed by atoms with E-state index in [0.29, 0.717) is 0 Å². The lowest BCUT2D eigenvalue weighted by atomic mass is 9.93. The van der Waals surface area contributed by atoms with Crippen molar-refractivity contribution in [3.8, 4) is 0 Å². The van der Waals surface area contributed by atoms with E-state index in [1.165, 1.54) is 12.1 Å². The highest BCUT2D eigenvalue weighted by Crippen LogP contribution is 2.20. The van der Waals surface area contributed by atoms with Crippen LogP contribution in [0.2, 0.25) is 0 Å². The van der Waals surface area contributed by atoms with Crippen LogP contribution in [-0.4, -0.2) is 42.8 Å². The first-order valence-electron chi connectivity index (χ1n) is 6.90. The first-order valence-corrected chi connectivity index (χ1v) is 6.90. The summed E-state index contributed by atoms with van der Waals surface area (Å²) in [6, 6.07) is 6.40. The highest BCUT2D eigenvalue weighted by Gasteiger charge is 2.25. The van der Waals surface area contributed by atoms with Crippen LogP contribution >= 0.6 is 0 Å². The van der Waals surface area contributed by atoms with Gasteiger partial charge in [0.15, 0.2) is 0 Å². The van der Waals surface area contributed by atoms with Gasteiger partial charge in [0.05, 0.1) is 12.1 Å². The lowest BCUT2D eigenvalue weighted by molar-refractivity contribution is 0.168. The van der Waals surface area contributed by atoms with Gasteiger partial charge in [-0.2, -0.15) is 0 Å². The third kappa shape index (κ3) is 4.56. The average molecular weight is 268 g/mol. The van der Waals surface area contributed by atoms with E-state index in [2.05, 4.69) is 24.1 Å². The van der Waals surface area contributed by atoms with Crippen molar-refractivity contribution in [2.75, 3.05) is 32.8 Å². The second kappa shape index (κ2) is 7.58. The number of rotatable bonds is 8. The fraction of sp³-hybridized carbons (Fsp3) is 0.600. The number of hydrogen-bond acceptors (Lipinski definition) is 3. The number of hydrogen-bond donors (Lipinski definition) is 2. The minimum Gasteiger partial charge on any atom is -0.394 e. The molecule has 2 N–H and O–H groups in total. The number of aliphatic hydroxyl groups excluding tert-OH is 1. The zero-order chi connectivity index (χ0) is 14.3.